The Bertz CT molecular complexity index is 305. The van der Waals surface area contributed by atoms with Crippen LogP contribution < -0.4 is 5.32 Å². The second-order valence-corrected chi connectivity index (χ2v) is 4.44. The maximum Gasteiger partial charge on any atom is 0.160 e. The second-order valence-electron chi connectivity index (χ2n) is 3.50. The predicted octanol–water partition coefficient (Wildman–Crippen LogP) is 0.966. The fraction of sp³-hybridized carbons (Fsp3) is 0.500. The van der Waals surface area contributed by atoms with Gasteiger partial charge in [0.15, 0.2) is 6.29 Å². The number of rotatable bonds is 3. The molecule has 3 nitrogen and oxygen atoms in total. The van der Waals surface area contributed by atoms with Crippen LogP contribution in [-0.4, -0.2) is 37.4 Å². The molecule has 0 atom stereocenters. The molecular formula is C10H14N2OS. The van der Waals surface area contributed by atoms with Crippen molar-refractivity contribution in [3.63, 3.8) is 0 Å². The molecule has 0 bridgehead atoms. The minimum Gasteiger partial charge on any atom is -0.314 e. The number of hydrogen-bond acceptors (Lipinski definition) is 4. The molecule has 1 aromatic heterocycles. The molecule has 1 saturated heterocycles. The predicted molar refractivity (Wildman–Crippen MR) is 57.9 cm³/mol. The maximum absolute atomic E-state index is 10.5. The largest absolute Gasteiger partial charge is 0.314 e. The van der Waals surface area contributed by atoms with Gasteiger partial charge in [0, 0.05) is 32.7 Å². The molecule has 0 amide bonds. The average molecular weight is 210 g/mol. The Morgan fingerprint density at radius 2 is 2.29 bits per heavy atom. The van der Waals surface area contributed by atoms with Crippen molar-refractivity contribution in [3.05, 3.63) is 21.9 Å². The first-order valence-corrected chi connectivity index (χ1v) is 5.72. The molecule has 0 unspecified atom stereocenters. The molecule has 2 rings (SSSR count). The van der Waals surface area contributed by atoms with E-state index in [1.54, 1.807) is 0 Å². The van der Waals surface area contributed by atoms with Gasteiger partial charge in [0.05, 0.1) is 4.88 Å². The molecule has 0 spiro atoms. The lowest BCUT2D eigenvalue weighted by Crippen LogP contribution is -2.42. The van der Waals surface area contributed by atoms with Crippen molar-refractivity contribution in [3.8, 4) is 0 Å². The van der Waals surface area contributed by atoms with Crippen molar-refractivity contribution in [1.82, 2.24) is 10.2 Å². The first-order chi connectivity index (χ1) is 6.88. The number of thiophene rings is 1. The number of nitrogens with zero attached hydrogens (tertiary/aromatic N) is 1. The summed E-state index contributed by atoms with van der Waals surface area (Å²) >= 11 is 1.53. The van der Waals surface area contributed by atoms with Crippen molar-refractivity contribution < 1.29 is 4.79 Å². The Morgan fingerprint density at radius 3 is 2.93 bits per heavy atom. The van der Waals surface area contributed by atoms with Gasteiger partial charge in [0.25, 0.3) is 0 Å². The average Bonchev–Trinajstić information content (AvgIpc) is 2.67. The summed E-state index contributed by atoms with van der Waals surface area (Å²) in [5, 5.41) is 5.40. The number of piperazine rings is 1. The summed E-state index contributed by atoms with van der Waals surface area (Å²) in [6, 6.07) is 1.99. The van der Waals surface area contributed by atoms with Gasteiger partial charge in [0.1, 0.15) is 0 Å². The zero-order valence-electron chi connectivity index (χ0n) is 8.03. The molecule has 0 radical (unpaired) electrons. The van der Waals surface area contributed by atoms with E-state index in [9.17, 15) is 4.79 Å². The van der Waals surface area contributed by atoms with Crippen LogP contribution in [0.25, 0.3) is 0 Å². The van der Waals surface area contributed by atoms with Crippen molar-refractivity contribution >= 4 is 17.6 Å². The van der Waals surface area contributed by atoms with Crippen LogP contribution in [0.1, 0.15) is 15.2 Å². The molecule has 1 N–H and O–H groups in total. The number of aldehydes is 1. The normalized spacial score (nSPS) is 18.3. The highest BCUT2D eigenvalue weighted by Crippen LogP contribution is 2.14. The van der Waals surface area contributed by atoms with Crippen LogP contribution in [0.3, 0.4) is 0 Å². The van der Waals surface area contributed by atoms with Crippen LogP contribution in [0.4, 0.5) is 0 Å². The summed E-state index contributed by atoms with van der Waals surface area (Å²) < 4.78 is 0. The Hall–Kier alpha value is -0.710. The minimum atomic E-state index is 0.829. The number of nitrogens with one attached hydrogen (secondary N) is 1. The summed E-state index contributed by atoms with van der Waals surface area (Å²) in [4.78, 5) is 13.7. The molecule has 0 aliphatic carbocycles. The minimum absolute atomic E-state index is 0.829. The third-order valence-electron chi connectivity index (χ3n) is 2.41. The number of carbonyl (C=O) groups is 1. The van der Waals surface area contributed by atoms with Crippen molar-refractivity contribution in [2.24, 2.45) is 0 Å². The zero-order valence-corrected chi connectivity index (χ0v) is 8.85. The third kappa shape index (κ3) is 2.41. The van der Waals surface area contributed by atoms with E-state index in [4.69, 9.17) is 0 Å². The Labute approximate surface area is 87.7 Å². The van der Waals surface area contributed by atoms with E-state index in [-0.39, 0.29) is 0 Å². The molecule has 1 fully saturated rings. The van der Waals surface area contributed by atoms with Crippen LogP contribution in [0, 0.1) is 0 Å². The summed E-state index contributed by atoms with van der Waals surface area (Å²) in [5.41, 5.74) is 1.26. The monoisotopic (exact) mass is 210 g/mol. The van der Waals surface area contributed by atoms with E-state index in [1.165, 1.54) is 16.9 Å². The van der Waals surface area contributed by atoms with Crippen molar-refractivity contribution in [2.75, 3.05) is 26.2 Å². The Balaban J connectivity index is 1.92. The maximum atomic E-state index is 10.5. The molecule has 1 aliphatic rings. The zero-order chi connectivity index (χ0) is 9.80. The summed E-state index contributed by atoms with van der Waals surface area (Å²) in [6.07, 6.45) is 0.923. The molecule has 0 aromatic carbocycles. The topological polar surface area (TPSA) is 32.3 Å². The van der Waals surface area contributed by atoms with E-state index >= 15 is 0 Å². The van der Waals surface area contributed by atoms with Gasteiger partial charge in [-0.2, -0.15) is 0 Å². The van der Waals surface area contributed by atoms with Gasteiger partial charge in [-0.3, -0.25) is 9.69 Å². The SMILES string of the molecule is O=Cc1cc(CN2CCNCC2)cs1. The molecule has 1 aromatic rings. The Kier molecular flexibility index (Phi) is 3.29. The second kappa shape index (κ2) is 4.68. The van der Waals surface area contributed by atoms with Gasteiger partial charge in [-0.1, -0.05) is 0 Å². The fourth-order valence-electron chi connectivity index (χ4n) is 1.67. The first-order valence-electron chi connectivity index (χ1n) is 4.84. The standard InChI is InChI=1S/C10H14N2OS/c13-7-10-5-9(8-14-10)6-12-3-1-11-2-4-12/h5,7-8,11H,1-4,6H2. The lowest BCUT2D eigenvalue weighted by molar-refractivity contribution is 0.112. The summed E-state index contributed by atoms with van der Waals surface area (Å²) in [7, 11) is 0. The molecule has 2 heterocycles. The van der Waals surface area contributed by atoms with Crippen LogP contribution in [-0.2, 0) is 6.54 Å². The highest BCUT2D eigenvalue weighted by molar-refractivity contribution is 7.11. The van der Waals surface area contributed by atoms with Gasteiger partial charge in [-0.05, 0) is 17.0 Å². The summed E-state index contributed by atoms with van der Waals surface area (Å²) in [5.74, 6) is 0. The molecule has 1 aliphatic heterocycles. The quantitative estimate of drug-likeness (QED) is 0.754. The lowest BCUT2D eigenvalue weighted by Gasteiger charge is -2.26. The lowest BCUT2D eigenvalue weighted by atomic mass is 10.2. The molecule has 76 valence electrons. The van der Waals surface area contributed by atoms with E-state index < -0.39 is 0 Å². The van der Waals surface area contributed by atoms with Crippen LogP contribution in [0.15, 0.2) is 11.4 Å². The van der Waals surface area contributed by atoms with Crippen LogP contribution >= 0.6 is 11.3 Å². The van der Waals surface area contributed by atoms with Gasteiger partial charge in [-0.15, -0.1) is 11.3 Å². The van der Waals surface area contributed by atoms with Gasteiger partial charge in [0.2, 0.25) is 0 Å². The highest BCUT2D eigenvalue weighted by atomic mass is 32.1. The molecule has 14 heavy (non-hydrogen) atoms. The van der Waals surface area contributed by atoms with E-state index in [1.807, 2.05) is 6.07 Å². The van der Waals surface area contributed by atoms with Crippen molar-refractivity contribution in [2.45, 2.75) is 6.54 Å². The van der Waals surface area contributed by atoms with Crippen LogP contribution in [0.2, 0.25) is 0 Å². The third-order valence-corrected chi connectivity index (χ3v) is 3.31. The molecule has 4 heteroatoms. The first kappa shape index (κ1) is 9.83. The molecule has 0 saturated carbocycles. The van der Waals surface area contributed by atoms with E-state index in [0.29, 0.717) is 0 Å². The fourth-order valence-corrected chi connectivity index (χ4v) is 2.37. The number of hydrogen-bond donors (Lipinski definition) is 1. The van der Waals surface area contributed by atoms with Gasteiger partial charge in [-0.25, -0.2) is 0 Å². The van der Waals surface area contributed by atoms with Gasteiger partial charge < -0.3 is 5.32 Å². The Morgan fingerprint density at radius 1 is 1.50 bits per heavy atom. The van der Waals surface area contributed by atoms with Gasteiger partial charge >= 0.3 is 0 Å². The number of carbonyl (C=O) groups excluding carboxylic acids is 1. The van der Waals surface area contributed by atoms with E-state index in [2.05, 4.69) is 15.6 Å². The van der Waals surface area contributed by atoms with Crippen molar-refractivity contribution in [1.29, 1.82) is 0 Å². The van der Waals surface area contributed by atoms with E-state index in [0.717, 1.165) is 43.9 Å². The summed E-state index contributed by atoms with van der Waals surface area (Å²) in [6.45, 7) is 5.33. The molecular weight excluding hydrogens is 196 g/mol. The smallest absolute Gasteiger partial charge is 0.160 e. The van der Waals surface area contributed by atoms with Crippen LogP contribution in [0.5, 0.6) is 0 Å². The highest BCUT2D eigenvalue weighted by Gasteiger charge is 2.10.